The minimum Gasteiger partial charge on any atom is -0.295 e. The Morgan fingerprint density at radius 3 is 2.11 bits per heavy atom. The average molecular weight is 259 g/mol. The summed E-state index contributed by atoms with van der Waals surface area (Å²) in [5, 5.41) is 2.15. The van der Waals surface area contributed by atoms with E-state index < -0.39 is 23.8 Å². The molecule has 1 saturated heterocycles. The molecular weight excluding hydrogens is 249 g/mol. The van der Waals surface area contributed by atoms with Crippen molar-refractivity contribution in [2.45, 2.75) is 18.9 Å². The Labute approximate surface area is 108 Å². The third kappa shape index (κ3) is 1.64. The van der Waals surface area contributed by atoms with Crippen molar-refractivity contribution in [3.05, 3.63) is 35.4 Å². The number of rotatable bonds is 1. The number of fused-ring (bicyclic) bond motifs is 1. The number of benzene rings is 1. The number of hydrogen-bond acceptors (Lipinski definition) is 4. The second kappa shape index (κ2) is 4.01. The lowest BCUT2D eigenvalue weighted by molar-refractivity contribution is -0.136. The SMILES string of the molecule is O=C1CCC([15N]2C(=O)c3ccccc3C2=O)C(=O)N1. The third-order valence-electron chi connectivity index (χ3n) is 3.35. The molecule has 1 fully saturated rings. The Hall–Kier alpha value is -2.50. The van der Waals surface area contributed by atoms with Crippen LogP contribution < -0.4 is 5.32 Å². The van der Waals surface area contributed by atoms with Gasteiger partial charge in [-0.3, -0.25) is 29.4 Å². The standard InChI is InChI=1S/C13H10N2O4/c16-10-6-5-9(11(17)14-10)15-12(18)7-3-1-2-4-8(7)13(15)19/h1-4,9H,5-6H2,(H,14,16,17)/i15+1. The summed E-state index contributed by atoms with van der Waals surface area (Å²) in [6.07, 6.45) is 0.306. The van der Waals surface area contributed by atoms with E-state index in [0.29, 0.717) is 11.1 Å². The molecule has 0 spiro atoms. The number of imide groups is 2. The Balaban J connectivity index is 1.96. The first-order chi connectivity index (χ1) is 9.09. The fourth-order valence-electron chi connectivity index (χ4n) is 2.42. The van der Waals surface area contributed by atoms with E-state index in [0.717, 1.165) is 4.90 Å². The summed E-state index contributed by atoms with van der Waals surface area (Å²) in [7, 11) is 0. The van der Waals surface area contributed by atoms with E-state index in [1.54, 1.807) is 24.3 Å². The molecule has 2 heterocycles. The van der Waals surface area contributed by atoms with Gasteiger partial charge < -0.3 is 0 Å². The highest BCUT2D eigenvalue weighted by atomic mass is 16.3. The Kier molecular flexibility index (Phi) is 2.45. The predicted molar refractivity (Wildman–Crippen MR) is 63.1 cm³/mol. The van der Waals surface area contributed by atoms with Gasteiger partial charge in [0.1, 0.15) is 6.04 Å². The van der Waals surface area contributed by atoms with Crippen LogP contribution >= 0.6 is 0 Å². The van der Waals surface area contributed by atoms with E-state index in [2.05, 4.69) is 5.32 Å². The van der Waals surface area contributed by atoms with Crippen LogP contribution in [0.3, 0.4) is 0 Å². The number of nitrogens with zero attached hydrogens (tertiary/aromatic N) is 1. The summed E-state index contributed by atoms with van der Waals surface area (Å²) in [6, 6.07) is 5.55. The zero-order valence-corrected chi connectivity index (χ0v) is 9.88. The van der Waals surface area contributed by atoms with Gasteiger partial charge in [-0.25, -0.2) is 0 Å². The first kappa shape index (κ1) is 11.6. The van der Waals surface area contributed by atoms with Gasteiger partial charge >= 0.3 is 0 Å². The van der Waals surface area contributed by atoms with Crippen molar-refractivity contribution >= 4 is 23.6 Å². The van der Waals surface area contributed by atoms with Gasteiger partial charge in [0.15, 0.2) is 0 Å². The van der Waals surface area contributed by atoms with Crippen LogP contribution in [0.4, 0.5) is 0 Å². The maximum Gasteiger partial charge on any atom is 0.262 e. The molecule has 4 amide bonds. The predicted octanol–water partition coefficient (Wildman–Crippen LogP) is 0.0878. The molecule has 3 rings (SSSR count). The molecule has 6 nitrogen and oxygen atoms in total. The van der Waals surface area contributed by atoms with Gasteiger partial charge in [0.2, 0.25) is 11.8 Å². The highest BCUT2D eigenvalue weighted by Gasteiger charge is 2.44. The maximum absolute atomic E-state index is 12.2. The van der Waals surface area contributed by atoms with Gasteiger partial charge in [0.05, 0.1) is 11.1 Å². The fourth-order valence-corrected chi connectivity index (χ4v) is 2.42. The van der Waals surface area contributed by atoms with E-state index in [-0.39, 0.29) is 18.7 Å². The molecule has 0 aliphatic carbocycles. The summed E-state index contributed by atoms with van der Waals surface area (Å²) in [4.78, 5) is 48.1. The Morgan fingerprint density at radius 2 is 1.58 bits per heavy atom. The maximum atomic E-state index is 12.2. The van der Waals surface area contributed by atoms with Gasteiger partial charge in [-0.1, -0.05) is 12.1 Å². The van der Waals surface area contributed by atoms with Gasteiger partial charge in [0.25, 0.3) is 11.8 Å². The monoisotopic (exact) mass is 259 g/mol. The van der Waals surface area contributed by atoms with Crippen molar-refractivity contribution in [1.29, 1.82) is 0 Å². The summed E-state index contributed by atoms with van der Waals surface area (Å²) in [5.41, 5.74) is 0.606. The molecule has 2 aliphatic rings. The third-order valence-corrected chi connectivity index (χ3v) is 3.35. The van der Waals surface area contributed by atoms with E-state index >= 15 is 0 Å². The van der Waals surface area contributed by atoms with Gasteiger partial charge in [-0.2, -0.15) is 0 Å². The largest absolute Gasteiger partial charge is 0.295 e. The molecule has 0 saturated carbocycles. The fraction of sp³-hybridized carbons (Fsp3) is 0.231. The van der Waals surface area contributed by atoms with Crippen LogP contribution in [0.25, 0.3) is 0 Å². The van der Waals surface area contributed by atoms with Crippen LogP contribution in [0.15, 0.2) is 24.3 Å². The number of amides is 4. The quantitative estimate of drug-likeness (QED) is 0.572. The number of hydrogen-bond donors (Lipinski definition) is 1. The second-order valence-electron chi connectivity index (χ2n) is 4.49. The van der Waals surface area contributed by atoms with Crippen LogP contribution in [-0.2, 0) is 9.59 Å². The number of nitrogens with one attached hydrogen (secondary N) is 1. The van der Waals surface area contributed by atoms with Crippen LogP contribution in [-0.4, -0.2) is 34.6 Å². The van der Waals surface area contributed by atoms with E-state index in [9.17, 15) is 19.2 Å². The molecule has 1 aromatic rings. The first-order valence-corrected chi connectivity index (χ1v) is 5.90. The van der Waals surface area contributed by atoms with Crippen molar-refractivity contribution < 1.29 is 19.2 Å². The van der Waals surface area contributed by atoms with Gasteiger partial charge in [-0.05, 0) is 18.6 Å². The number of carbonyl (C=O) groups excluding carboxylic acids is 4. The minimum atomic E-state index is -0.898. The van der Waals surface area contributed by atoms with Crippen molar-refractivity contribution in [3.63, 3.8) is 0 Å². The summed E-state index contributed by atoms with van der Waals surface area (Å²) >= 11 is 0. The van der Waals surface area contributed by atoms with Crippen molar-refractivity contribution in [2.75, 3.05) is 0 Å². The molecule has 6 heteroatoms. The molecule has 0 aromatic heterocycles. The summed E-state index contributed by atoms with van der Waals surface area (Å²) < 4.78 is 0. The smallest absolute Gasteiger partial charge is 0.262 e. The van der Waals surface area contributed by atoms with Crippen molar-refractivity contribution in [2.24, 2.45) is 0 Å². The normalized spacial score (nSPS) is 22.5. The lowest BCUT2D eigenvalue weighted by atomic mass is 10.1. The lowest BCUT2D eigenvalue weighted by Gasteiger charge is -2.27. The van der Waals surface area contributed by atoms with E-state index in [1.165, 1.54) is 0 Å². The van der Waals surface area contributed by atoms with Gasteiger partial charge in [-0.15, -0.1) is 0 Å². The minimum absolute atomic E-state index is 0.129. The van der Waals surface area contributed by atoms with Crippen molar-refractivity contribution in [1.82, 2.24) is 10.2 Å². The molecule has 0 radical (unpaired) electrons. The molecule has 19 heavy (non-hydrogen) atoms. The summed E-state index contributed by atoms with van der Waals surface area (Å²) in [5.74, 6) is -1.92. The topological polar surface area (TPSA) is 83.6 Å². The molecular formula is C13H10N2O4. The number of piperidine rings is 1. The van der Waals surface area contributed by atoms with Crippen LogP contribution in [0.5, 0.6) is 0 Å². The highest BCUT2D eigenvalue weighted by molar-refractivity contribution is 6.23. The van der Waals surface area contributed by atoms with Gasteiger partial charge in [0, 0.05) is 6.42 Å². The molecule has 2 aliphatic heterocycles. The molecule has 96 valence electrons. The first-order valence-electron chi connectivity index (χ1n) is 5.90. The lowest BCUT2D eigenvalue weighted by Crippen LogP contribution is -2.54. The molecule has 1 unspecified atom stereocenters. The van der Waals surface area contributed by atoms with E-state index in [4.69, 9.17) is 0 Å². The zero-order chi connectivity index (χ0) is 13.6. The van der Waals surface area contributed by atoms with Crippen LogP contribution in [0.2, 0.25) is 0 Å². The molecule has 1 aromatic carbocycles. The Morgan fingerprint density at radius 1 is 1.00 bits per heavy atom. The molecule has 1 N–H and O–H groups in total. The van der Waals surface area contributed by atoms with Crippen molar-refractivity contribution in [3.8, 4) is 0 Å². The zero-order valence-electron chi connectivity index (χ0n) is 9.88. The second-order valence-corrected chi connectivity index (χ2v) is 4.49. The average Bonchev–Trinajstić information content (AvgIpc) is 2.64. The van der Waals surface area contributed by atoms with E-state index in [1.807, 2.05) is 0 Å². The summed E-state index contributed by atoms with van der Waals surface area (Å²) in [6.45, 7) is 0. The van der Waals surface area contributed by atoms with Crippen LogP contribution in [0, 0.1) is 0 Å². The molecule has 0 bridgehead atoms. The highest BCUT2D eigenvalue weighted by Crippen LogP contribution is 2.26. The Bertz CT molecular complexity index is 588. The molecule has 1 atom stereocenters. The van der Waals surface area contributed by atoms with Crippen LogP contribution in [0.1, 0.15) is 33.6 Å². The number of carbonyl (C=O) groups is 4.